The smallest absolute Gasteiger partial charge is 0.338 e. The summed E-state index contributed by atoms with van der Waals surface area (Å²) in [5.41, 5.74) is 2.38. The number of allylic oxidation sites excluding steroid dienone is 1. The Labute approximate surface area is 155 Å². The van der Waals surface area contributed by atoms with Crippen LogP contribution in [0.3, 0.4) is 0 Å². The third-order valence-electron chi connectivity index (χ3n) is 4.95. The highest BCUT2D eigenvalue weighted by atomic mass is 16.6. The minimum atomic E-state index is -0.665. The van der Waals surface area contributed by atoms with Gasteiger partial charge in [0.1, 0.15) is 11.7 Å². The summed E-state index contributed by atoms with van der Waals surface area (Å²) >= 11 is 0. The predicted octanol–water partition coefficient (Wildman–Crippen LogP) is 4.77. The van der Waals surface area contributed by atoms with Crippen molar-refractivity contribution in [3.8, 4) is 0 Å². The Morgan fingerprint density at radius 2 is 1.77 bits per heavy atom. The van der Waals surface area contributed by atoms with E-state index >= 15 is 0 Å². The van der Waals surface area contributed by atoms with E-state index in [-0.39, 0.29) is 18.0 Å². The Kier molecular flexibility index (Phi) is 6.06. The first-order valence-electron chi connectivity index (χ1n) is 8.93. The predicted molar refractivity (Wildman–Crippen MR) is 102 cm³/mol. The highest BCUT2D eigenvalue weighted by Gasteiger charge is 2.38. The van der Waals surface area contributed by atoms with E-state index in [9.17, 15) is 9.59 Å². The monoisotopic (exact) mass is 356 g/mol. The summed E-state index contributed by atoms with van der Waals surface area (Å²) in [6.07, 6.45) is 3.15. The van der Waals surface area contributed by atoms with Gasteiger partial charge in [-0.15, -0.1) is 0 Å². The molecule has 1 aromatic rings. The van der Waals surface area contributed by atoms with Gasteiger partial charge in [-0.1, -0.05) is 30.4 Å². The summed E-state index contributed by atoms with van der Waals surface area (Å²) in [6, 6.07) is 7.33. The van der Waals surface area contributed by atoms with Gasteiger partial charge in [-0.25, -0.2) is 9.59 Å². The summed E-state index contributed by atoms with van der Waals surface area (Å²) in [5, 5.41) is 0. The van der Waals surface area contributed by atoms with E-state index in [2.05, 4.69) is 12.7 Å². The lowest BCUT2D eigenvalue weighted by molar-refractivity contribution is -0.158. The highest BCUT2D eigenvalue weighted by Crippen LogP contribution is 2.36. The quantitative estimate of drug-likeness (QED) is 0.433. The summed E-state index contributed by atoms with van der Waals surface area (Å²) < 4.78 is 11.4. The van der Waals surface area contributed by atoms with Crippen LogP contribution in [0.5, 0.6) is 0 Å². The van der Waals surface area contributed by atoms with Crippen LogP contribution in [-0.2, 0) is 14.3 Å². The zero-order valence-electron chi connectivity index (χ0n) is 16.3. The fraction of sp³-hybridized carbons (Fsp3) is 0.455. The molecule has 0 bridgehead atoms. The molecule has 0 saturated carbocycles. The van der Waals surface area contributed by atoms with Crippen molar-refractivity contribution in [2.24, 2.45) is 5.92 Å². The molecule has 0 radical (unpaired) electrons. The molecular weight excluding hydrogens is 328 g/mol. The van der Waals surface area contributed by atoms with Gasteiger partial charge < -0.3 is 9.47 Å². The molecule has 26 heavy (non-hydrogen) atoms. The van der Waals surface area contributed by atoms with Gasteiger partial charge in [0.2, 0.25) is 0 Å². The number of benzene rings is 1. The van der Waals surface area contributed by atoms with Crippen molar-refractivity contribution in [2.75, 3.05) is 0 Å². The van der Waals surface area contributed by atoms with Crippen molar-refractivity contribution in [1.29, 1.82) is 0 Å². The molecule has 2 atom stereocenters. The van der Waals surface area contributed by atoms with E-state index in [1.165, 1.54) is 0 Å². The maximum Gasteiger partial charge on any atom is 0.338 e. The first-order chi connectivity index (χ1) is 12.1. The molecular formula is C22H28O4. The van der Waals surface area contributed by atoms with Gasteiger partial charge in [0.15, 0.2) is 0 Å². The second kappa shape index (κ2) is 7.90. The molecule has 4 nitrogen and oxygen atoms in total. The summed E-state index contributed by atoms with van der Waals surface area (Å²) in [7, 11) is 0. The average molecular weight is 356 g/mol. The number of hydrogen-bond donors (Lipinski definition) is 0. The fourth-order valence-electron chi connectivity index (χ4n) is 3.01. The van der Waals surface area contributed by atoms with Crippen LogP contribution in [0.1, 0.15) is 56.5 Å². The lowest BCUT2D eigenvalue weighted by Crippen LogP contribution is -2.41. The second-order valence-corrected chi connectivity index (χ2v) is 7.65. The molecule has 0 spiro atoms. The van der Waals surface area contributed by atoms with E-state index in [4.69, 9.17) is 9.47 Å². The van der Waals surface area contributed by atoms with Crippen molar-refractivity contribution in [2.45, 2.75) is 59.2 Å². The van der Waals surface area contributed by atoms with Crippen LogP contribution < -0.4 is 0 Å². The van der Waals surface area contributed by atoms with Crippen molar-refractivity contribution in [3.63, 3.8) is 0 Å². The molecule has 0 fully saturated rings. The SMILES string of the molecule is C=C(C)C(=O)OC(C)(C)C1CC=C(C)C(OC(=O)c2ccc(C)cc2)C1. The van der Waals surface area contributed by atoms with Crippen LogP contribution in [0.15, 0.2) is 48.1 Å². The number of esters is 2. The zero-order valence-corrected chi connectivity index (χ0v) is 16.3. The molecule has 0 saturated heterocycles. The summed E-state index contributed by atoms with van der Waals surface area (Å²) in [4.78, 5) is 24.4. The van der Waals surface area contributed by atoms with E-state index < -0.39 is 11.6 Å². The van der Waals surface area contributed by atoms with Crippen LogP contribution in [0.2, 0.25) is 0 Å². The van der Waals surface area contributed by atoms with Gasteiger partial charge in [0.05, 0.1) is 5.56 Å². The largest absolute Gasteiger partial charge is 0.456 e. The molecule has 0 aliphatic heterocycles. The fourth-order valence-corrected chi connectivity index (χ4v) is 3.01. The van der Waals surface area contributed by atoms with E-state index in [1.807, 2.05) is 39.8 Å². The standard InChI is InChI=1S/C22H28O4/c1-14(2)20(23)26-22(5,6)18-12-9-16(4)19(13-18)25-21(24)17-10-7-15(3)8-11-17/h7-11,18-19H,1,12-13H2,2-6H3. The van der Waals surface area contributed by atoms with Gasteiger partial charge in [0, 0.05) is 11.5 Å². The van der Waals surface area contributed by atoms with Crippen LogP contribution in [0, 0.1) is 12.8 Å². The number of aryl methyl sites for hydroxylation is 1. The Morgan fingerprint density at radius 3 is 2.35 bits per heavy atom. The Hall–Kier alpha value is -2.36. The molecule has 1 aliphatic rings. The molecule has 2 rings (SSSR count). The molecule has 140 valence electrons. The topological polar surface area (TPSA) is 52.6 Å². The van der Waals surface area contributed by atoms with E-state index in [1.54, 1.807) is 19.1 Å². The zero-order chi connectivity index (χ0) is 19.5. The number of ether oxygens (including phenoxy) is 2. The molecule has 1 aliphatic carbocycles. The van der Waals surface area contributed by atoms with Crippen LogP contribution in [0.25, 0.3) is 0 Å². The van der Waals surface area contributed by atoms with Crippen LogP contribution in [0.4, 0.5) is 0 Å². The average Bonchev–Trinajstić information content (AvgIpc) is 2.56. The molecule has 0 aromatic heterocycles. The molecule has 0 heterocycles. The second-order valence-electron chi connectivity index (χ2n) is 7.65. The van der Waals surface area contributed by atoms with E-state index in [0.29, 0.717) is 17.6 Å². The first-order valence-corrected chi connectivity index (χ1v) is 8.93. The third kappa shape index (κ3) is 4.84. The Morgan fingerprint density at radius 1 is 1.15 bits per heavy atom. The van der Waals surface area contributed by atoms with E-state index in [0.717, 1.165) is 17.6 Å². The third-order valence-corrected chi connectivity index (χ3v) is 4.95. The summed E-state index contributed by atoms with van der Waals surface area (Å²) in [5.74, 6) is -0.667. The van der Waals surface area contributed by atoms with Crippen LogP contribution in [-0.4, -0.2) is 23.6 Å². The van der Waals surface area contributed by atoms with Crippen molar-refractivity contribution in [3.05, 3.63) is 59.2 Å². The molecule has 0 amide bonds. The molecule has 1 aromatic carbocycles. The Balaban J connectivity index is 2.08. The van der Waals surface area contributed by atoms with Crippen molar-refractivity contribution in [1.82, 2.24) is 0 Å². The van der Waals surface area contributed by atoms with Crippen molar-refractivity contribution < 1.29 is 19.1 Å². The molecule has 0 N–H and O–H groups in total. The highest BCUT2D eigenvalue weighted by molar-refractivity contribution is 5.89. The van der Waals surface area contributed by atoms with Gasteiger partial charge in [-0.05, 0) is 65.2 Å². The minimum absolute atomic E-state index is 0.0605. The summed E-state index contributed by atoms with van der Waals surface area (Å²) in [6.45, 7) is 13.0. The maximum atomic E-state index is 12.4. The molecule has 2 unspecified atom stereocenters. The van der Waals surface area contributed by atoms with Crippen LogP contribution >= 0.6 is 0 Å². The van der Waals surface area contributed by atoms with Crippen molar-refractivity contribution >= 4 is 11.9 Å². The Bertz CT molecular complexity index is 725. The number of carbonyl (C=O) groups excluding carboxylic acids is 2. The normalized spacial score (nSPS) is 20.1. The molecule has 4 heteroatoms. The van der Waals surface area contributed by atoms with Gasteiger partial charge in [-0.3, -0.25) is 0 Å². The number of rotatable bonds is 5. The van der Waals surface area contributed by atoms with Gasteiger partial charge in [-0.2, -0.15) is 0 Å². The maximum absolute atomic E-state index is 12.4. The van der Waals surface area contributed by atoms with Gasteiger partial charge >= 0.3 is 11.9 Å². The number of carbonyl (C=O) groups is 2. The van der Waals surface area contributed by atoms with Gasteiger partial charge in [0.25, 0.3) is 0 Å². The number of hydrogen-bond acceptors (Lipinski definition) is 4. The first kappa shape index (κ1) is 20.0. The minimum Gasteiger partial charge on any atom is -0.456 e. The lowest BCUT2D eigenvalue weighted by atomic mass is 9.78. The lowest BCUT2D eigenvalue weighted by Gasteiger charge is -2.38.